The molecule has 0 fully saturated rings. The predicted octanol–water partition coefficient (Wildman–Crippen LogP) is -1.68. The number of carbonyl (C=O) groups excluding carboxylic acids is 2. The molecule has 0 saturated heterocycles. The lowest BCUT2D eigenvalue weighted by Crippen LogP contribution is -2.47. The zero-order chi connectivity index (χ0) is 9.02. The summed E-state index contributed by atoms with van der Waals surface area (Å²) in [5.41, 5.74) is 10.1. The molecule has 64 valence electrons. The molecule has 0 unspecified atom stereocenters. The van der Waals surface area contributed by atoms with Crippen LogP contribution in [0.15, 0.2) is 0 Å². The minimum atomic E-state index is -0.659. The Bertz CT molecular complexity index is 167. The summed E-state index contributed by atoms with van der Waals surface area (Å²) in [6.45, 7) is 3.03. The van der Waals surface area contributed by atoms with Gasteiger partial charge in [-0.05, 0) is 13.8 Å². The van der Waals surface area contributed by atoms with Crippen LogP contribution in [-0.2, 0) is 9.59 Å². The first-order valence-electron chi connectivity index (χ1n) is 3.30. The summed E-state index contributed by atoms with van der Waals surface area (Å²) in [6.07, 6.45) is 0. The highest BCUT2D eigenvalue weighted by Gasteiger charge is 2.14. The zero-order valence-electron chi connectivity index (χ0n) is 6.63. The predicted molar refractivity (Wildman–Crippen MR) is 40.4 cm³/mol. The summed E-state index contributed by atoms with van der Waals surface area (Å²) in [4.78, 5) is 21.2. The van der Waals surface area contributed by atoms with Gasteiger partial charge in [0.1, 0.15) is 6.04 Å². The molecule has 5 N–H and O–H groups in total. The van der Waals surface area contributed by atoms with E-state index in [9.17, 15) is 9.59 Å². The molecule has 5 heteroatoms. The van der Waals surface area contributed by atoms with E-state index in [2.05, 4.69) is 5.32 Å². The van der Waals surface area contributed by atoms with Crippen LogP contribution in [-0.4, -0.2) is 23.9 Å². The molecule has 2 atom stereocenters. The van der Waals surface area contributed by atoms with E-state index in [4.69, 9.17) is 11.5 Å². The van der Waals surface area contributed by atoms with Gasteiger partial charge in [0.05, 0.1) is 6.04 Å². The van der Waals surface area contributed by atoms with E-state index in [0.29, 0.717) is 0 Å². The molecule has 0 aromatic heterocycles. The molecule has 0 heterocycles. The quantitative estimate of drug-likeness (QED) is 0.459. The van der Waals surface area contributed by atoms with Gasteiger partial charge in [0.25, 0.3) is 0 Å². The summed E-state index contributed by atoms with van der Waals surface area (Å²) >= 11 is 0. The monoisotopic (exact) mass is 159 g/mol. The maximum Gasteiger partial charge on any atom is 0.239 e. The molecule has 0 rings (SSSR count). The van der Waals surface area contributed by atoms with Crippen LogP contribution in [0.1, 0.15) is 13.8 Å². The molecular formula is C6H13N3O2. The van der Waals surface area contributed by atoms with Gasteiger partial charge in [-0.15, -0.1) is 0 Å². The smallest absolute Gasteiger partial charge is 0.239 e. The SMILES string of the molecule is C[C@H](N)C(=O)N[C@@H](C)C(N)=O. The zero-order valence-corrected chi connectivity index (χ0v) is 6.63. The Kier molecular flexibility index (Phi) is 3.53. The maximum absolute atomic E-state index is 10.8. The Labute approximate surface area is 65.1 Å². The number of hydrogen-bond acceptors (Lipinski definition) is 3. The Balaban J connectivity index is 3.85. The molecule has 0 bridgehead atoms. The van der Waals surface area contributed by atoms with Crippen molar-refractivity contribution in [3.63, 3.8) is 0 Å². The van der Waals surface area contributed by atoms with Crippen LogP contribution in [0, 0.1) is 0 Å². The molecule has 2 amide bonds. The Morgan fingerprint density at radius 2 is 1.82 bits per heavy atom. The van der Waals surface area contributed by atoms with Crippen molar-refractivity contribution in [2.45, 2.75) is 25.9 Å². The van der Waals surface area contributed by atoms with Crippen LogP contribution in [0.25, 0.3) is 0 Å². The average Bonchev–Trinajstić information content (AvgIpc) is 1.87. The van der Waals surface area contributed by atoms with E-state index < -0.39 is 18.0 Å². The van der Waals surface area contributed by atoms with Gasteiger partial charge in [0, 0.05) is 0 Å². The second-order valence-electron chi connectivity index (χ2n) is 2.42. The summed E-state index contributed by atoms with van der Waals surface area (Å²) in [6, 6.07) is -1.27. The molecule has 0 saturated carbocycles. The third-order valence-electron chi connectivity index (χ3n) is 1.20. The van der Waals surface area contributed by atoms with E-state index in [0.717, 1.165) is 0 Å². The van der Waals surface area contributed by atoms with E-state index in [1.807, 2.05) is 0 Å². The lowest BCUT2D eigenvalue weighted by atomic mass is 10.3. The third kappa shape index (κ3) is 3.57. The Hall–Kier alpha value is -1.10. The minimum absolute atomic E-state index is 0.378. The molecule has 0 radical (unpaired) electrons. The fraction of sp³-hybridized carbons (Fsp3) is 0.667. The first-order valence-corrected chi connectivity index (χ1v) is 3.30. The molecule has 0 spiro atoms. The van der Waals surface area contributed by atoms with E-state index in [-0.39, 0.29) is 5.91 Å². The fourth-order valence-electron chi connectivity index (χ4n) is 0.416. The molecule has 0 aliphatic heterocycles. The van der Waals surface area contributed by atoms with Crippen molar-refractivity contribution < 1.29 is 9.59 Å². The van der Waals surface area contributed by atoms with Crippen molar-refractivity contribution in [3.05, 3.63) is 0 Å². The largest absolute Gasteiger partial charge is 0.368 e. The average molecular weight is 159 g/mol. The molecule has 0 aromatic rings. The van der Waals surface area contributed by atoms with Crippen LogP contribution in [0.4, 0.5) is 0 Å². The van der Waals surface area contributed by atoms with Gasteiger partial charge in [-0.25, -0.2) is 0 Å². The van der Waals surface area contributed by atoms with Gasteiger partial charge < -0.3 is 16.8 Å². The van der Waals surface area contributed by atoms with Crippen molar-refractivity contribution in [2.75, 3.05) is 0 Å². The summed E-state index contributed by atoms with van der Waals surface area (Å²) < 4.78 is 0. The molecule has 0 aliphatic rings. The summed E-state index contributed by atoms with van der Waals surface area (Å²) in [5, 5.41) is 2.34. The number of primary amides is 1. The topological polar surface area (TPSA) is 98.2 Å². The van der Waals surface area contributed by atoms with Gasteiger partial charge in [-0.3, -0.25) is 9.59 Å². The van der Waals surface area contributed by atoms with E-state index in [1.165, 1.54) is 13.8 Å². The van der Waals surface area contributed by atoms with Crippen LogP contribution >= 0.6 is 0 Å². The van der Waals surface area contributed by atoms with Gasteiger partial charge in [-0.2, -0.15) is 0 Å². The maximum atomic E-state index is 10.8. The first kappa shape index (κ1) is 9.90. The van der Waals surface area contributed by atoms with Gasteiger partial charge >= 0.3 is 0 Å². The Morgan fingerprint density at radius 3 is 2.09 bits per heavy atom. The molecular weight excluding hydrogens is 146 g/mol. The summed E-state index contributed by atoms with van der Waals surface area (Å²) in [5.74, 6) is -0.949. The number of carbonyl (C=O) groups is 2. The lowest BCUT2D eigenvalue weighted by Gasteiger charge is -2.11. The highest BCUT2D eigenvalue weighted by molar-refractivity contribution is 5.88. The first-order chi connectivity index (χ1) is 4.95. The molecule has 5 nitrogen and oxygen atoms in total. The number of nitrogens with two attached hydrogens (primary N) is 2. The van der Waals surface area contributed by atoms with Gasteiger partial charge in [0.15, 0.2) is 0 Å². The van der Waals surface area contributed by atoms with Crippen molar-refractivity contribution in [3.8, 4) is 0 Å². The number of amides is 2. The van der Waals surface area contributed by atoms with Gasteiger partial charge in [0.2, 0.25) is 11.8 Å². The van der Waals surface area contributed by atoms with Crippen molar-refractivity contribution >= 4 is 11.8 Å². The van der Waals surface area contributed by atoms with E-state index in [1.54, 1.807) is 0 Å². The van der Waals surface area contributed by atoms with Crippen LogP contribution in [0.5, 0.6) is 0 Å². The van der Waals surface area contributed by atoms with Crippen LogP contribution in [0.3, 0.4) is 0 Å². The highest BCUT2D eigenvalue weighted by atomic mass is 16.2. The minimum Gasteiger partial charge on any atom is -0.368 e. The van der Waals surface area contributed by atoms with Crippen molar-refractivity contribution in [1.29, 1.82) is 0 Å². The molecule has 0 aliphatic carbocycles. The second-order valence-corrected chi connectivity index (χ2v) is 2.42. The standard InChI is InChI=1S/C6H13N3O2/c1-3(7)6(11)9-4(2)5(8)10/h3-4H,7H2,1-2H3,(H2,8,10)(H,9,11)/t3-,4-/m0/s1. The number of rotatable bonds is 3. The number of nitrogens with one attached hydrogen (secondary N) is 1. The van der Waals surface area contributed by atoms with Crippen LogP contribution in [0.2, 0.25) is 0 Å². The summed E-state index contributed by atoms with van der Waals surface area (Å²) in [7, 11) is 0. The highest BCUT2D eigenvalue weighted by Crippen LogP contribution is 1.81. The molecule has 0 aromatic carbocycles. The number of hydrogen-bond donors (Lipinski definition) is 3. The second kappa shape index (κ2) is 3.92. The molecule has 11 heavy (non-hydrogen) atoms. The van der Waals surface area contributed by atoms with Crippen LogP contribution < -0.4 is 16.8 Å². The van der Waals surface area contributed by atoms with Gasteiger partial charge in [-0.1, -0.05) is 0 Å². The van der Waals surface area contributed by atoms with Crippen molar-refractivity contribution in [1.82, 2.24) is 5.32 Å². The third-order valence-corrected chi connectivity index (χ3v) is 1.20. The lowest BCUT2D eigenvalue weighted by molar-refractivity contribution is -0.127. The van der Waals surface area contributed by atoms with Crippen molar-refractivity contribution in [2.24, 2.45) is 11.5 Å². The Morgan fingerprint density at radius 1 is 1.36 bits per heavy atom. The normalized spacial score (nSPS) is 15.2. The van der Waals surface area contributed by atoms with E-state index >= 15 is 0 Å². The fourth-order valence-corrected chi connectivity index (χ4v) is 0.416.